The van der Waals surface area contributed by atoms with Crippen molar-refractivity contribution in [2.24, 2.45) is 11.5 Å². The summed E-state index contributed by atoms with van der Waals surface area (Å²) in [6.45, 7) is 8.35. The lowest BCUT2D eigenvalue weighted by atomic mass is 9.98. The van der Waals surface area contributed by atoms with E-state index in [0.29, 0.717) is 6.42 Å². The summed E-state index contributed by atoms with van der Waals surface area (Å²) in [7, 11) is 0. The Morgan fingerprint density at radius 1 is 1.44 bits per heavy atom. The van der Waals surface area contributed by atoms with Gasteiger partial charge in [-0.05, 0) is 27.2 Å². The molecule has 0 spiro atoms. The zero-order valence-electron chi connectivity index (χ0n) is 10.4. The lowest BCUT2D eigenvalue weighted by molar-refractivity contribution is -0.123. The maximum absolute atomic E-state index is 11.1. The summed E-state index contributed by atoms with van der Waals surface area (Å²) >= 11 is 0. The summed E-state index contributed by atoms with van der Waals surface area (Å²) in [4.78, 5) is 13.3. The Labute approximate surface area is 97.1 Å². The fourth-order valence-corrected chi connectivity index (χ4v) is 1.98. The van der Waals surface area contributed by atoms with Gasteiger partial charge in [0.1, 0.15) is 0 Å². The molecule has 0 saturated carbocycles. The average molecular weight is 229 g/mol. The summed E-state index contributed by atoms with van der Waals surface area (Å²) < 4.78 is 5.63. The zero-order chi connectivity index (χ0) is 12.3. The van der Waals surface area contributed by atoms with Crippen LogP contribution in [0.25, 0.3) is 0 Å². The van der Waals surface area contributed by atoms with Gasteiger partial charge in [0.25, 0.3) is 0 Å². The topological polar surface area (TPSA) is 81.6 Å². The first kappa shape index (κ1) is 13.4. The Kier molecular flexibility index (Phi) is 4.29. The van der Waals surface area contributed by atoms with Crippen LogP contribution in [0.3, 0.4) is 0 Å². The van der Waals surface area contributed by atoms with Crippen LogP contribution in [-0.2, 0) is 9.53 Å². The van der Waals surface area contributed by atoms with Crippen molar-refractivity contribution in [3.63, 3.8) is 0 Å². The molecule has 1 saturated heterocycles. The van der Waals surface area contributed by atoms with Crippen LogP contribution >= 0.6 is 0 Å². The van der Waals surface area contributed by atoms with Crippen LogP contribution in [0.5, 0.6) is 0 Å². The lowest BCUT2D eigenvalue weighted by Crippen LogP contribution is -2.53. The number of carbonyl (C=O) groups is 1. The Morgan fingerprint density at radius 2 is 1.94 bits per heavy atom. The van der Waals surface area contributed by atoms with Crippen LogP contribution in [0.2, 0.25) is 0 Å². The van der Waals surface area contributed by atoms with Gasteiger partial charge in [0.05, 0.1) is 17.7 Å². The predicted molar refractivity (Wildman–Crippen MR) is 62.9 cm³/mol. The fraction of sp³-hybridized carbons (Fsp3) is 0.909. The number of amides is 1. The smallest absolute Gasteiger partial charge is 0.237 e. The molecule has 0 aromatic rings. The van der Waals surface area contributed by atoms with E-state index in [0.717, 1.165) is 19.6 Å². The van der Waals surface area contributed by atoms with Crippen molar-refractivity contribution in [3.05, 3.63) is 0 Å². The van der Waals surface area contributed by atoms with Gasteiger partial charge in [-0.3, -0.25) is 9.69 Å². The van der Waals surface area contributed by atoms with E-state index in [1.54, 1.807) is 6.92 Å². The summed E-state index contributed by atoms with van der Waals surface area (Å²) in [6.07, 6.45) is 1.06. The second-order valence-corrected chi connectivity index (χ2v) is 5.05. The molecule has 0 aromatic heterocycles. The van der Waals surface area contributed by atoms with E-state index in [4.69, 9.17) is 16.2 Å². The minimum atomic E-state index is -0.912. The second kappa shape index (κ2) is 5.12. The third-order valence-electron chi connectivity index (χ3n) is 3.01. The normalized spacial score (nSPS) is 31.0. The quantitative estimate of drug-likeness (QED) is 0.693. The largest absolute Gasteiger partial charge is 0.373 e. The number of nitrogens with two attached hydrogens (primary N) is 2. The molecule has 5 nitrogen and oxygen atoms in total. The fourth-order valence-electron chi connectivity index (χ4n) is 1.98. The van der Waals surface area contributed by atoms with Crippen molar-refractivity contribution < 1.29 is 9.53 Å². The molecule has 4 N–H and O–H groups in total. The van der Waals surface area contributed by atoms with Gasteiger partial charge in [0, 0.05) is 19.6 Å². The molecule has 0 bridgehead atoms. The summed E-state index contributed by atoms with van der Waals surface area (Å²) in [5, 5.41) is 0. The summed E-state index contributed by atoms with van der Waals surface area (Å²) in [6, 6.07) is 0. The molecule has 1 aliphatic heterocycles. The molecule has 94 valence electrons. The van der Waals surface area contributed by atoms with E-state index in [2.05, 4.69) is 18.7 Å². The first-order chi connectivity index (χ1) is 7.31. The molecule has 0 aromatic carbocycles. The molecule has 0 radical (unpaired) electrons. The third kappa shape index (κ3) is 3.73. The van der Waals surface area contributed by atoms with Crippen molar-refractivity contribution in [1.82, 2.24) is 4.90 Å². The lowest BCUT2D eigenvalue weighted by Gasteiger charge is -2.36. The van der Waals surface area contributed by atoms with Crippen LogP contribution in [0.15, 0.2) is 0 Å². The van der Waals surface area contributed by atoms with Crippen molar-refractivity contribution in [2.75, 3.05) is 19.6 Å². The molecule has 1 aliphatic rings. The highest BCUT2D eigenvalue weighted by atomic mass is 16.5. The minimum absolute atomic E-state index is 0.237. The predicted octanol–water partition coefficient (Wildman–Crippen LogP) is -0.312. The van der Waals surface area contributed by atoms with E-state index in [1.807, 2.05) is 0 Å². The van der Waals surface area contributed by atoms with Crippen LogP contribution in [-0.4, -0.2) is 48.2 Å². The maximum Gasteiger partial charge on any atom is 0.237 e. The van der Waals surface area contributed by atoms with E-state index in [-0.39, 0.29) is 12.2 Å². The molecule has 5 heteroatoms. The van der Waals surface area contributed by atoms with Gasteiger partial charge in [0.15, 0.2) is 0 Å². The van der Waals surface area contributed by atoms with Gasteiger partial charge >= 0.3 is 0 Å². The highest BCUT2D eigenvalue weighted by Gasteiger charge is 2.28. The molecule has 1 unspecified atom stereocenters. The van der Waals surface area contributed by atoms with Crippen molar-refractivity contribution in [3.8, 4) is 0 Å². The maximum atomic E-state index is 11.1. The number of hydrogen-bond acceptors (Lipinski definition) is 4. The van der Waals surface area contributed by atoms with Crippen molar-refractivity contribution in [1.29, 1.82) is 0 Å². The van der Waals surface area contributed by atoms with Crippen LogP contribution in [0.1, 0.15) is 27.2 Å². The van der Waals surface area contributed by atoms with Gasteiger partial charge in [-0.15, -0.1) is 0 Å². The Hall–Kier alpha value is -0.650. The van der Waals surface area contributed by atoms with Crippen LogP contribution in [0.4, 0.5) is 0 Å². The number of ether oxygens (including phenoxy) is 1. The van der Waals surface area contributed by atoms with E-state index in [1.165, 1.54) is 0 Å². The number of morpholine rings is 1. The third-order valence-corrected chi connectivity index (χ3v) is 3.01. The molecule has 1 amide bonds. The Balaban J connectivity index is 2.40. The van der Waals surface area contributed by atoms with Crippen LogP contribution in [0, 0.1) is 0 Å². The van der Waals surface area contributed by atoms with E-state index >= 15 is 0 Å². The first-order valence-electron chi connectivity index (χ1n) is 5.78. The van der Waals surface area contributed by atoms with E-state index in [9.17, 15) is 4.79 Å². The number of nitrogens with zero attached hydrogens (tertiary/aromatic N) is 1. The summed E-state index contributed by atoms with van der Waals surface area (Å²) in [5.41, 5.74) is 10.1. The van der Waals surface area contributed by atoms with Crippen LogP contribution < -0.4 is 11.5 Å². The molecular formula is C11H23N3O2. The Morgan fingerprint density at radius 3 is 2.38 bits per heavy atom. The van der Waals surface area contributed by atoms with Gasteiger partial charge in [-0.25, -0.2) is 0 Å². The molecule has 1 fully saturated rings. The number of carbonyl (C=O) groups excluding carboxylic acids is 1. The molecular weight excluding hydrogens is 206 g/mol. The number of rotatable bonds is 4. The average Bonchev–Trinajstić information content (AvgIpc) is 2.13. The minimum Gasteiger partial charge on any atom is -0.373 e. The van der Waals surface area contributed by atoms with Gasteiger partial charge in [-0.2, -0.15) is 0 Å². The molecule has 0 aliphatic carbocycles. The highest BCUT2D eigenvalue weighted by Crippen LogP contribution is 2.13. The SMILES string of the molecule is C[C@@H]1CN(CCC(C)(N)C(N)=O)C[C@H](C)O1. The molecule has 3 atom stereocenters. The molecule has 1 heterocycles. The van der Waals surface area contributed by atoms with Crippen molar-refractivity contribution in [2.45, 2.75) is 44.9 Å². The zero-order valence-corrected chi connectivity index (χ0v) is 10.4. The van der Waals surface area contributed by atoms with Gasteiger partial charge in [-0.1, -0.05) is 0 Å². The van der Waals surface area contributed by atoms with E-state index < -0.39 is 11.4 Å². The van der Waals surface area contributed by atoms with Gasteiger partial charge in [0.2, 0.25) is 5.91 Å². The number of primary amides is 1. The van der Waals surface area contributed by atoms with Gasteiger partial charge < -0.3 is 16.2 Å². The monoisotopic (exact) mass is 229 g/mol. The first-order valence-corrected chi connectivity index (χ1v) is 5.78. The highest BCUT2D eigenvalue weighted by molar-refractivity contribution is 5.83. The molecule has 16 heavy (non-hydrogen) atoms. The van der Waals surface area contributed by atoms with Crippen molar-refractivity contribution >= 4 is 5.91 Å². The summed E-state index contributed by atoms with van der Waals surface area (Å²) in [5.74, 6) is -0.443. The second-order valence-electron chi connectivity index (χ2n) is 5.05. The standard InChI is InChI=1S/C11H23N3O2/c1-8-6-14(7-9(2)16-8)5-4-11(3,13)10(12)15/h8-9H,4-7,13H2,1-3H3,(H2,12,15)/t8-,9+,11?. The Bertz CT molecular complexity index is 246. The number of hydrogen-bond donors (Lipinski definition) is 2. The molecule has 1 rings (SSSR count).